The van der Waals surface area contributed by atoms with Gasteiger partial charge in [-0.1, -0.05) is 0 Å². The van der Waals surface area contributed by atoms with E-state index in [4.69, 9.17) is 27.3 Å². The number of nitrogens with zero attached hydrogens (tertiary/aromatic N) is 2. The molecular weight excluding hydrogens is 306 g/mol. The molecule has 0 aromatic rings. The zero-order valence-electron chi connectivity index (χ0n) is 14.7. The zero-order chi connectivity index (χ0) is 18.5. The molecule has 0 unspecified atom stereocenters. The van der Waals surface area contributed by atoms with Crippen LogP contribution in [0, 0.1) is 6.57 Å². The van der Waals surface area contributed by atoms with E-state index < -0.39 is 24.0 Å². The van der Waals surface area contributed by atoms with E-state index in [0.717, 1.165) is 5.31 Å². The predicted molar refractivity (Wildman–Crippen MR) is 81.5 cm³/mol. The number of methoxy groups -OCH3 is 1. The summed E-state index contributed by atoms with van der Waals surface area (Å²) in [6, 6.07) is -2.23. The third-order valence-electron chi connectivity index (χ3n) is 2.86. The molecule has 2 N–H and O–H groups in total. The van der Waals surface area contributed by atoms with Gasteiger partial charge in [-0.25, -0.2) is 4.79 Å². The van der Waals surface area contributed by atoms with Crippen LogP contribution in [0.4, 0.5) is 0 Å². The minimum Gasteiger partial charge on any atom is -0.480 e. The molecule has 0 rings (SSSR count). The maximum atomic E-state index is 12.1. The Bertz CT molecular complexity index is 431. The van der Waals surface area contributed by atoms with Crippen molar-refractivity contribution >= 4 is 11.9 Å². The van der Waals surface area contributed by atoms with Crippen molar-refractivity contribution < 1.29 is 30.3 Å². The van der Waals surface area contributed by atoms with Gasteiger partial charge in [0.1, 0.15) is 1.41 Å². The lowest BCUT2D eigenvalue weighted by atomic mass is 10.2. The molecule has 0 aromatic heterocycles. The highest BCUT2D eigenvalue weighted by Crippen LogP contribution is 2.04. The SMILES string of the molecule is [2H]N(CCOCCOCCOC)[C@@H](C)C(=O)N([N+]#[C-])[C@@H](C)C(=O)O. The Kier molecular flexibility index (Phi) is 10.7. The Labute approximate surface area is 137 Å². The van der Waals surface area contributed by atoms with E-state index in [0.29, 0.717) is 31.4 Å². The third-order valence-corrected chi connectivity index (χ3v) is 2.86. The van der Waals surface area contributed by atoms with Gasteiger partial charge in [0.15, 0.2) is 6.04 Å². The van der Waals surface area contributed by atoms with Gasteiger partial charge in [0.25, 0.3) is 0 Å². The van der Waals surface area contributed by atoms with E-state index in [9.17, 15) is 9.59 Å². The molecule has 0 bridgehead atoms. The molecule has 9 nitrogen and oxygen atoms in total. The lowest BCUT2D eigenvalue weighted by Crippen LogP contribution is -2.48. The Morgan fingerprint density at radius 3 is 2.35 bits per heavy atom. The molecule has 0 aliphatic heterocycles. The Hall–Kier alpha value is -1.73. The summed E-state index contributed by atoms with van der Waals surface area (Å²) in [4.78, 5) is 26.0. The number of carboxylic acid groups (broad SMARTS) is 1. The molecule has 0 saturated heterocycles. The highest BCUT2D eigenvalue weighted by Gasteiger charge is 2.33. The molecule has 132 valence electrons. The molecule has 0 heterocycles. The highest BCUT2D eigenvalue weighted by atomic mass is 16.5. The van der Waals surface area contributed by atoms with Gasteiger partial charge < -0.3 is 24.6 Å². The van der Waals surface area contributed by atoms with E-state index in [2.05, 4.69) is 4.95 Å². The standard InChI is InChI=1S/C14H25N3O6/c1-11(13(18)17(15-3)12(2)14(19)20)16-5-6-22-9-10-23-8-7-21-4/h11-12,16H,5-10H2,1-2,4H3,(H,19,20)/t11-,12-/m0/s1/i/hD. The quantitative estimate of drug-likeness (QED) is 0.273. The van der Waals surface area contributed by atoms with Gasteiger partial charge in [-0.3, -0.25) is 4.79 Å². The van der Waals surface area contributed by atoms with Crippen molar-refractivity contribution in [2.24, 2.45) is 0 Å². The Morgan fingerprint density at radius 2 is 1.83 bits per heavy atom. The van der Waals surface area contributed by atoms with Gasteiger partial charge in [-0.2, -0.15) is 11.5 Å². The molecule has 2 atom stereocenters. The monoisotopic (exact) mass is 332 g/mol. The average molecular weight is 332 g/mol. The number of carboxylic acids is 1. The van der Waals surface area contributed by atoms with Crippen LogP contribution in [-0.4, -0.2) is 80.8 Å². The molecule has 23 heavy (non-hydrogen) atoms. The molecule has 0 aromatic carbocycles. The first-order valence-electron chi connectivity index (χ1n) is 7.64. The van der Waals surface area contributed by atoms with Gasteiger partial charge in [-0.05, 0) is 18.9 Å². The summed E-state index contributed by atoms with van der Waals surface area (Å²) in [5.41, 5.74) is 0. The highest BCUT2D eigenvalue weighted by molar-refractivity contribution is 5.87. The van der Waals surface area contributed by atoms with Crippen LogP contribution >= 0.6 is 0 Å². The van der Waals surface area contributed by atoms with Crippen LogP contribution in [0.2, 0.25) is 1.41 Å². The second-order valence-electron chi connectivity index (χ2n) is 4.60. The fraction of sp³-hybridized carbons (Fsp3) is 0.786. The van der Waals surface area contributed by atoms with Crippen LogP contribution in [0.1, 0.15) is 13.8 Å². The van der Waals surface area contributed by atoms with Crippen molar-refractivity contribution in [2.45, 2.75) is 25.9 Å². The number of ether oxygens (including phenoxy) is 3. The fourth-order valence-corrected chi connectivity index (χ4v) is 1.48. The number of hydrogen-bond donors (Lipinski definition) is 2. The van der Waals surface area contributed by atoms with Gasteiger partial charge >= 0.3 is 11.9 Å². The van der Waals surface area contributed by atoms with Crippen molar-refractivity contribution in [1.82, 2.24) is 10.3 Å². The second kappa shape index (κ2) is 12.8. The summed E-state index contributed by atoms with van der Waals surface area (Å²) >= 11 is 0. The van der Waals surface area contributed by atoms with Crippen molar-refractivity contribution in [1.29, 1.82) is 0 Å². The van der Waals surface area contributed by atoms with E-state index in [-0.39, 0.29) is 13.2 Å². The fourth-order valence-electron chi connectivity index (χ4n) is 1.48. The minimum absolute atomic E-state index is 0.137. The van der Waals surface area contributed by atoms with Crippen LogP contribution in [-0.2, 0) is 23.8 Å². The van der Waals surface area contributed by atoms with E-state index in [1.807, 2.05) is 0 Å². The molecular formula is C14H25N3O6. The van der Waals surface area contributed by atoms with Crippen molar-refractivity contribution in [3.63, 3.8) is 0 Å². The number of amides is 1. The first kappa shape index (κ1) is 19.3. The van der Waals surface area contributed by atoms with Crippen molar-refractivity contribution in [3.05, 3.63) is 11.5 Å². The maximum Gasteiger partial charge on any atom is 0.333 e. The summed E-state index contributed by atoms with van der Waals surface area (Å²) in [6.45, 7) is 11.7. The molecule has 0 saturated carbocycles. The molecule has 0 radical (unpaired) electrons. The largest absolute Gasteiger partial charge is 0.480 e. The number of rotatable bonds is 13. The molecule has 9 heteroatoms. The van der Waals surface area contributed by atoms with Gasteiger partial charge in [0.05, 0.1) is 39.1 Å². The summed E-state index contributed by atoms with van der Waals surface area (Å²) in [5, 5.41) is 10.4. The topological polar surface area (TPSA) is 102 Å². The van der Waals surface area contributed by atoms with Crippen LogP contribution in [0.5, 0.6) is 0 Å². The summed E-state index contributed by atoms with van der Waals surface area (Å²) < 4.78 is 23.1. The average Bonchev–Trinajstić information content (AvgIpc) is 2.56. The van der Waals surface area contributed by atoms with Crippen LogP contribution in [0.15, 0.2) is 0 Å². The number of nitrogens with one attached hydrogen (secondary N) is 1. The Balaban J connectivity index is 4.13. The number of carbonyl (C=O) groups excluding carboxylic acids is 1. The zero-order valence-corrected chi connectivity index (χ0v) is 13.7. The predicted octanol–water partition coefficient (Wildman–Crippen LogP) is -0.220. The normalized spacial score (nSPS) is 14.0. The molecule has 0 aliphatic carbocycles. The van der Waals surface area contributed by atoms with Gasteiger partial charge in [0, 0.05) is 13.7 Å². The van der Waals surface area contributed by atoms with Crippen molar-refractivity contribution in [3.8, 4) is 0 Å². The molecule has 0 spiro atoms. The summed E-state index contributed by atoms with van der Waals surface area (Å²) in [6.07, 6.45) is 0. The minimum atomic E-state index is -1.28. The first-order valence-corrected chi connectivity index (χ1v) is 7.20. The number of aliphatic carboxylic acids is 1. The molecule has 1 amide bonds. The number of hydrogen-bond acceptors (Lipinski definition) is 6. The van der Waals surface area contributed by atoms with Crippen LogP contribution < -0.4 is 5.31 Å². The van der Waals surface area contributed by atoms with Crippen LogP contribution in [0.3, 0.4) is 0 Å². The lowest BCUT2D eigenvalue weighted by molar-refractivity contribution is -0.147. The third kappa shape index (κ3) is 9.10. The summed E-state index contributed by atoms with van der Waals surface area (Å²) in [7, 11) is 1.58. The van der Waals surface area contributed by atoms with E-state index >= 15 is 0 Å². The smallest absolute Gasteiger partial charge is 0.333 e. The molecule has 0 fully saturated rings. The van der Waals surface area contributed by atoms with Crippen LogP contribution in [0.25, 0.3) is 4.95 Å². The van der Waals surface area contributed by atoms with E-state index in [1.54, 1.807) is 7.11 Å². The Morgan fingerprint density at radius 1 is 1.26 bits per heavy atom. The lowest BCUT2D eigenvalue weighted by Gasteiger charge is -2.18. The summed E-state index contributed by atoms with van der Waals surface area (Å²) in [5.74, 6) is -2.02. The number of carbonyl (C=O) groups is 2. The van der Waals surface area contributed by atoms with Gasteiger partial charge in [0.2, 0.25) is 0 Å². The second-order valence-corrected chi connectivity index (χ2v) is 4.60. The maximum absolute atomic E-state index is 12.1. The molecule has 0 aliphatic rings. The van der Waals surface area contributed by atoms with Gasteiger partial charge in [-0.15, -0.1) is 0 Å². The van der Waals surface area contributed by atoms with Crippen molar-refractivity contribution in [2.75, 3.05) is 46.7 Å². The first-order chi connectivity index (χ1) is 11.4. The van der Waals surface area contributed by atoms with E-state index in [1.165, 1.54) is 13.8 Å².